The first-order valence-corrected chi connectivity index (χ1v) is 6.79. The van der Waals surface area contributed by atoms with Gasteiger partial charge in [-0.3, -0.25) is 4.79 Å². The number of methoxy groups -OCH3 is 1. The van der Waals surface area contributed by atoms with Crippen molar-refractivity contribution in [2.75, 3.05) is 14.2 Å². The molecule has 1 amide bonds. The summed E-state index contributed by atoms with van der Waals surface area (Å²) in [6.45, 7) is 2.43. The van der Waals surface area contributed by atoms with E-state index in [9.17, 15) is 4.79 Å². The van der Waals surface area contributed by atoms with E-state index in [0.29, 0.717) is 12.4 Å². The number of nitrogens with zero attached hydrogens (tertiary/aromatic N) is 2. The molecule has 0 saturated carbocycles. The summed E-state index contributed by atoms with van der Waals surface area (Å²) in [6.07, 6.45) is 1.67. The molecular formula is C14H16N2O2S. The standard InChI is InChI=1S/C14H16N2O2S/c1-10-6-8-19-12(10)14(17)16(2)9-11-5-4-7-15-13(11)18-3/h4-8H,9H2,1-3H3. The predicted molar refractivity (Wildman–Crippen MR) is 75.6 cm³/mol. The molecule has 2 rings (SSSR count). The van der Waals surface area contributed by atoms with E-state index in [1.807, 2.05) is 30.5 Å². The Balaban J connectivity index is 2.15. The zero-order valence-electron chi connectivity index (χ0n) is 11.2. The van der Waals surface area contributed by atoms with E-state index < -0.39 is 0 Å². The van der Waals surface area contributed by atoms with Crippen LogP contribution >= 0.6 is 11.3 Å². The number of hydrogen-bond donors (Lipinski definition) is 0. The number of thiophene rings is 1. The number of carbonyl (C=O) groups excluding carboxylic acids is 1. The highest BCUT2D eigenvalue weighted by Gasteiger charge is 2.17. The lowest BCUT2D eigenvalue weighted by Gasteiger charge is -2.18. The highest BCUT2D eigenvalue weighted by molar-refractivity contribution is 7.12. The molecule has 19 heavy (non-hydrogen) atoms. The SMILES string of the molecule is COc1ncccc1CN(C)C(=O)c1sccc1C. The summed E-state index contributed by atoms with van der Waals surface area (Å²) in [4.78, 5) is 18.9. The lowest BCUT2D eigenvalue weighted by atomic mass is 10.2. The van der Waals surface area contributed by atoms with E-state index in [0.717, 1.165) is 16.0 Å². The number of ether oxygens (including phenoxy) is 1. The van der Waals surface area contributed by atoms with E-state index in [1.165, 1.54) is 11.3 Å². The van der Waals surface area contributed by atoms with Crippen LogP contribution in [-0.4, -0.2) is 29.9 Å². The molecule has 2 aromatic heterocycles. The van der Waals surface area contributed by atoms with Crippen molar-refractivity contribution in [3.63, 3.8) is 0 Å². The Hall–Kier alpha value is -1.88. The van der Waals surface area contributed by atoms with Gasteiger partial charge in [-0.05, 0) is 30.0 Å². The second kappa shape index (κ2) is 5.84. The Labute approximate surface area is 116 Å². The van der Waals surface area contributed by atoms with Crippen LogP contribution in [0.25, 0.3) is 0 Å². The molecule has 0 aliphatic heterocycles. The van der Waals surface area contributed by atoms with E-state index in [4.69, 9.17) is 4.74 Å². The Morgan fingerprint density at radius 3 is 2.89 bits per heavy atom. The molecular weight excluding hydrogens is 260 g/mol. The summed E-state index contributed by atoms with van der Waals surface area (Å²) in [6, 6.07) is 5.71. The number of pyridine rings is 1. The molecule has 2 heterocycles. The molecule has 5 heteroatoms. The van der Waals surface area contributed by atoms with Crippen molar-refractivity contribution in [3.8, 4) is 5.88 Å². The zero-order chi connectivity index (χ0) is 13.8. The van der Waals surface area contributed by atoms with Gasteiger partial charge >= 0.3 is 0 Å². The molecule has 0 aliphatic rings. The lowest BCUT2D eigenvalue weighted by Crippen LogP contribution is -2.26. The average Bonchev–Trinajstić information content (AvgIpc) is 2.84. The Morgan fingerprint density at radius 1 is 1.47 bits per heavy atom. The monoisotopic (exact) mass is 276 g/mol. The number of carbonyl (C=O) groups is 1. The largest absolute Gasteiger partial charge is 0.481 e. The maximum Gasteiger partial charge on any atom is 0.264 e. The molecule has 0 N–H and O–H groups in total. The normalized spacial score (nSPS) is 10.3. The molecule has 0 atom stereocenters. The molecule has 0 aromatic carbocycles. The topological polar surface area (TPSA) is 42.4 Å². The summed E-state index contributed by atoms with van der Waals surface area (Å²) in [5, 5.41) is 1.93. The smallest absolute Gasteiger partial charge is 0.264 e. The van der Waals surface area contributed by atoms with Gasteiger partial charge in [-0.15, -0.1) is 11.3 Å². The summed E-state index contributed by atoms with van der Waals surface area (Å²) in [7, 11) is 3.37. The van der Waals surface area contributed by atoms with Crippen molar-refractivity contribution >= 4 is 17.2 Å². The summed E-state index contributed by atoms with van der Waals surface area (Å²) >= 11 is 1.47. The second-order valence-electron chi connectivity index (χ2n) is 4.27. The Kier molecular flexibility index (Phi) is 4.16. The van der Waals surface area contributed by atoms with Crippen LogP contribution in [0.1, 0.15) is 20.8 Å². The molecule has 0 unspecified atom stereocenters. The minimum absolute atomic E-state index is 0.0263. The van der Waals surface area contributed by atoms with Gasteiger partial charge in [0.15, 0.2) is 0 Å². The molecule has 2 aromatic rings. The van der Waals surface area contributed by atoms with Crippen LogP contribution in [0.5, 0.6) is 5.88 Å². The third kappa shape index (κ3) is 2.93. The fourth-order valence-electron chi connectivity index (χ4n) is 1.82. The fraction of sp³-hybridized carbons (Fsp3) is 0.286. The molecule has 100 valence electrons. The molecule has 0 radical (unpaired) electrons. The molecule has 4 nitrogen and oxygen atoms in total. The van der Waals surface area contributed by atoms with Crippen molar-refractivity contribution in [3.05, 3.63) is 45.8 Å². The first-order chi connectivity index (χ1) is 9.13. The number of hydrogen-bond acceptors (Lipinski definition) is 4. The first kappa shape index (κ1) is 13.5. The van der Waals surface area contributed by atoms with E-state index >= 15 is 0 Å². The number of rotatable bonds is 4. The minimum Gasteiger partial charge on any atom is -0.481 e. The molecule has 0 spiro atoms. The number of aromatic nitrogens is 1. The number of amides is 1. The van der Waals surface area contributed by atoms with Crippen LogP contribution in [0.4, 0.5) is 0 Å². The van der Waals surface area contributed by atoms with Gasteiger partial charge in [-0.2, -0.15) is 0 Å². The Bertz CT molecular complexity index is 580. The van der Waals surface area contributed by atoms with Gasteiger partial charge in [0, 0.05) is 18.8 Å². The van der Waals surface area contributed by atoms with Crippen molar-refractivity contribution < 1.29 is 9.53 Å². The lowest BCUT2D eigenvalue weighted by molar-refractivity contribution is 0.0788. The van der Waals surface area contributed by atoms with Crippen molar-refractivity contribution in [1.29, 1.82) is 0 Å². The van der Waals surface area contributed by atoms with Gasteiger partial charge in [0.25, 0.3) is 5.91 Å². The van der Waals surface area contributed by atoms with Gasteiger partial charge in [0.1, 0.15) is 0 Å². The quantitative estimate of drug-likeness (QED) is 0.862. The van der Waals surface area contributed by atoms with Crippen LogP contribution in [0.3, 0.4) is 0 Å². The Morgan fingerprint density at radius 2 is 2.26 bits per heavy atom. The van der Waals surface area contributed by atoms with Crippen molar-refractivity contribution in [1.82, 2.24) is 9.88 Å². The molecule has 0 saturated heterocycles. The van der Waals surface area contributed by atoms with Gasteiger partial charge in [-0.1, -0.05) is 6.07 Å². The third-order valence-electron chi connectivity index (χ3n) is 2.85. The van der Waals surface area contributed by atoms with Gasteiger partial charge < -0.3 is 9.64 Å². The predicted octanol–water partition coefficient (Wildman–Crippen LogP) is 2.73. The van der Waals surface area contributed by atoms with Gasteiger partial charge in [0.2, 0.25) is 5.88 Å². The number of aryl methyl sites for hydroxylation is 1. The summed E-state index contributed by atoms with van der Waals surface area (Å²) in [5.41, 5.74) is 1.91. The first-order valence-electron chi connectivity index (χ1n) is 5.91. The highest BCUT2D eigenvalue weighted by Crippen LogP contribution is 2.20. The maximum absolute atomic E-state index is 12.3. The van der Waals surface area contributed by atoms with E-state index in [-0.39, 0.29) is 5.91 Å². The van der Waals surface area contributed by atoms with Crippen molar-refractivity contribution in [2.45, 2.75) is 13.5 Å². The maximum atomic E-state index is 12.3. The van der Waals surface area contributed by atoms with Gasteiger partial charge in [0.05, 0.1) is 18.5 Å². The van der Waals surface area contributed by atoms with Crippen LogP contribution < -0.4 is 4.74 Å². The molecule has 0 aliphatic carbocycles. The van der Waals surface area contributed by atoms with E-state index in [2.05, 4.69) is 4.98 Å². The van der Waals surface area contributed by atoms with Gasteiger partial charge in [-0.25, -0.2) is 4.98 Å². The summed E-state index contributed by atoms with van der Waals surface area (Å²) < 4.78 is 5.19. The molecule has 0 bridgehead atoms. The molecule has 0 fully saturated rings. The van der Waals surface area contributed by atoms with Crippen LogP contribution in [0, 0.1) is 6.92 Å². The fourth-order valence-corrected chi connectivity index (χ4v) is 2.74. The minimum atomic E-state index is 0.0263. The van der Waals surface area contributed by atoms with Crippen LogP contribution in [0.2, 0.25) is 0 Å². The average molecular weight is 276 g/mol. The zero-order valence-corrected chi connectivity index (χ0v) is 12.0. The van der Waals surface area contributed by atoms with E-state index in [1.54, 1.807) is 25.3 Å². The highest BCUT2D eigenvalue weighted by atomic mass is 32.1. The third-order valence-corrected chi connectivity index (χ3v) is 3.86. The van der Waals surface area contributed by atoms with Crippen molar-refractivity contribution in [2.24, 2.45) is 0 Å². The second-order valence-corrected chi connectivity index (χ2v) is 5.18. The van der Waals surface area contributed by atoms with Crippen LogP contribution in [-0.2, 0) is 6.54 Å². The van der Waals surface area contributed by atoms with Crippen LogP contribution in [0.15, 0.2) is 29.8 Å². The summed E-state index contributed by atoms with van der Waals surface area (Å²) in [5.74, 6) is 0.587.